The Kier molecular flexibility index (Phi) is 12.0. The van der Waals surface area contributed by atoms with Crippen LogP contribution in [-0.2, 0) is 25.6 Å². The zero-order valence-electron chi connectivity index (χ0n) is 18.4. The molecule has 1 rings (SSSR count). The van der Waals surface area contributed by atoms with Crippen LogP contribution in [0.3, 0.4) is 0 Å². The van der Waals surface area contributed by atoms with E-state index in [4.69, 9.17) is 11.5 Å². The SMILES string of the molecule is CC(O)C(N)C(=O)NC(CO)C(=O)NC(Cc1cnc[nH]1)C(=O)NC(CCCCN)C(=O)O. The number of aliphatic hydroxyl groups excluding tert-OH is 2. The molecule has 0 aliphatic rings. The zero-order valence-corrected chi connectivity index (χ0v) is 18.4. The van der Waals surface area contributed by atoms with Gasteiger partial charge in [-0.3, -0.25) is 14.4 Å². The smallest absolute Gasteiger partial charge is 0.326 e. The highest BCUT2D eigenvalue weighted by Gasteiger charge is 2.31. The van der Waals surface area contributed by atoms with Gasteiger partial charge in [-0.1, -0.05) is 0 Å². The number of aliphatic hydroxyl groups is 2. The number of unbranched alkanes of at least 4 members (excludes halogenated alkanes) is 1. The number of carboxylic acids is 1. The molecule has 0 fully saturated rings. The van der Waals surface area contributed by atoms with E-state index in [2.05, 4.69) is 25.9 Å². The second-order valence-electron chi connectivity index (χ2n) is 7.54. The molecule has 0 aliphatic carbocycles. The number of H-pyrrole nitrogens is 1. The number of rotatable bonds is 15. The van der Waals surface area contributed by atoms with Gasteiger partial charge in [0, 0.05) is 18.3 Å². The van der Waals surface area contributed by atoms with E-state index in [0.29, 0.717) is 25.1 Å². The molecule has 0 bridgehead atoms. The fourth-order valence-electron chi connectivity index (χ4n) is 2.80. The van der Waals surface area contributed by atoms with Crippen LogP contribution in [0.5, 0.6) is 0 Å². The Labute approximate surface area is 190 Å². The van der Waals surface area contributed by atoms with Crippen LogP contribution in [0.15, 0.2) is 12.5 Å². The number of amides is 3. The van der Waals surface area contributed by atoms with Gasteiger partial charge in [0.15, 0.2) is 0 Å². The first-order valence-electron chi connectivity index (χ1n) is 10.5. The Morgan fingerprint density at radius 2 is 1.67 bits per heavy atom. The van der Waals surface area contributed by atoms with E-state index in [1.165, 1.54) is 19.4 Å². The quantitative estimate of drug-likeness (QED) is 0.113. The second-order valence-corrected chi connectivity index (χ2v) is 7.54. The third-order valence-electron chi connectivity index (χ3n) is 4.81. The summed E-state index contributed by atoms with van der Waals surface area (Å²) in [6.07, 6.45) is 2.75. The van der Waals surface area contributed by atoms with E-state index in [-0.39, 0.29) is 12.8 Å². The van der Waals surface area contributed by atoms with E-state index < -0.39 is 60.6 Å². The molecule has 0 aliphatic heterocycles. The summed E-state index contributed by atoms with van der Waals surface area (Å²) in [5.74, 6) is -3.79. The van der Waals surface area contributed by atoms with Crippen LogP contribution < -0.4 is 27.4 Å². The monoisotopic (exact) mass is 471 g/mol. The van der Waals surface area contributed by atoms with Gasteiger partial charge in [0.2, 0.25) is 17.7 Å². The lowest BCUT2D eigenvalue weighted by Gasteiger charge is -2.24. The highest BCUT2D eigenvalue weighted by atomic mass is 16.4. The van der Waals surface area contributed by atoms with Gasteiger partial charge >= 0.3 is 5.97 Å². The van der Waals surface area contributed by atoms with E-state index >= 15 is 0 Å². The van der Waals surface area contributed by atoms with Gasteiger partial charge in [-0.25, -0.2) is 9.78 Å². The van der Waals surface area contributed by atoms with Crippen molar-refractivity contribution in [3.63, 3.8) is 0 Å². The molecule has 0 saturated heterocycles. The first-order valence-corrected chi connectivity index (χ1v) is 10.5. The van der Waals surface area contributed by atoms with Gasteiger partial charge in [0.25, 0.3) is 0 Å². The minimum absolute atomic E-state index is 0.0635. The molecule has 33 heavy (non-hydrogen) atoms. The van der Waals surface area contributed by atoms with Crippen molar-refractivity contribution in [3.05, 3.63) is 18.2 Å². The molecule has 0 spiro atoms. The van der Waals surface area contributed by atoms with Crippen LogP contribution in [0.4, 0.5) is 0 Å². The van der Waals surface area contributed by atoms with Crippen LogP contribution in [0.1, 0.15) is 31.9 Å². The topological polar surface area (TPSA) is 246 Å². The lowest BCUT2D eigenvalue weighted by molar-refractivity contribution is -0.142. The number of nitrogens with one attached hydrogen (secondary N) is 4. The summed E-state index contributed by atoms with van der Waals surface area (Å²) in [5, 5.41) is 35.3. The van der Waals surface area contributed by atoms with Crippen molar-refractivity contribution in [2.24, 2.45) is 11.5 Å². The molecular weight excluding hydrogens is 438 g/mol. The van der Waals surface area contributed by atoms with Crippen molar-refractivity contribution >= 4 is 23.7 Å². The molecular formula is C19H33N7O7. The molecule has 0 radical (unpaired) electrons. The van der Waals surface area contributed by atoms with Crippen molar-refractivity contribution < 1.29 is 34.5 Å². The first kappa shape index (κ1) is 28.0. The number of carboxylic acid groups (broad SMARTS) is 1. The predicted octanol–water partition coefficient (Wildman–Crippen LogP) is -3.68. The van der Waals surface area contributed by atoms with Crippen LogP contribution >= 0.6 is 0 Å². The Morgan fingerprint density at radius 3 is 2.18 bits per heavy atom. The van der Waals surface area contributed by atoms with Gasteiger partial charge in [0.1, 0.15) is 24.2 Å². The summed E-state index contributed by atoms with van der Waals surface area (Å²) in [7, 11) is 0. The van der Waals surface area contributed by atoms with E-state index in [9.17, 15) is 34.5 Å². The van der Waals surface area contributed by atoms with Crippen molar-refractivity contribution in [1.29, 1.82) is 0 Å². The lowest BCUT2D eigenvalue weighted by Crippen LogP contribution is -2.59. The maximum Gasteiger partial charge on any atom is 0.326 e. The van der Waals surface area contributed by atoms with E-state index in [1.807, 2.05) is 0 Å². The van der Waals surface area contributed by atoms with Crippen molar-refractivity contribution in [2.75, 3.05) is 13.2 Å². The normalized spacial score (nSPS) is 15.5. The van der Waals surface area contributed by atoms with Gasteiger partial charge < -0.3 is 47.7 Å². The number of imidazole rings is 1. The maximum atomic E-state index is 12.8. The highest BCUT2D eigenvalue weighted by molar-refractivity contribution is 5.94. The summed E-state index contributed by atoms with van der Waals surface area (Å²) in [5.41, 5.74) is 11.4. The van der Waals surface area contributed by atoms with Gasteiger partial charge in [-0.15, -0.1) is 0 Å². The average molecular weight is 472 g/mol. The molecule has 11 N–H and O–H groups in total. The van der Waals surface area contributed by atoms with Gasteiger partial charge in [0.05, 0.1) is 19.0 Å². The Bertz CT molecular complexity index is 773. The Hall–Kier alpha value is -3.07. The van der Waals surface area contributed by atoms with Crippen LogP contribution in [-0.4, -0.2) is 92.4 Å². The minimum atomic E-state index is -1.46. The summed E-state index contributed by atoms with van der Waals surface area (Å²) in [4.78, 5) is 55.7. The number of hydrogen-bond donors (Lipinski definition) is 9. The van der Waals surface area contributed by atoms with Gasteiger partial charge in [-0.05, 0) is 32.7 Å². The lowest BCUT2D eigenvalue weighted by atomic mass is 10.1. The Morgan fingerprint density at radius 1 is 1.06 bits per heavy atom. The highest BCUT2D eigenvalue weighted by Crippen LogP contribution is 2.05. The summed E-state index contributed by atoms with van der Waals surface area (Å²) < 4.78 is 0. The Balaban J connectivity index is 2.93. The van der Waals surface area contributed by atoms with E-state index in [1.54, 1.807) is 0 Å². The zero-order chi connectivity index (χ0) is 25.0. The number of aromatic amines is 1. The molecule has 14 heteroatoms. The number of carbonyl (C=O) groups is 4. The fraction of sp³-hybridized carbons (Fsp3) is 0.632. The van der Waals surface area contributed by atoms with Crippen molar-refractivity contribution in [2.45, 2.75) is 62.9 Å². The number of aromatic nitrogens is 2. The summed E-state index contributed by atoms with van der Waals surface area (Å²) in [6.45, 7) is 0.862. The maximum absolute atomic E-state index is 12.8. The molecule has 1 aromatic heterocycles. The third kappa shape index (κ3) is 9.53. The molecule has 1 heterocycles. The number of aliphatic carboxylic acids is 1. The second kappa shape index (κ2) is 14.2. The third-order valence-corrected chi connectivity index (χ3v) is 4.81. The fourth-order valence-corrected chi connectivity index (χ4v) is 2.80. The van der Waals surface area contributed by atoms with Crippen molar-refractivity contribution in [1.82, 2.24) is 25.9 Å². The molecule has 3 amide bonds. The minimum Gasteiger partial charge on any atom is -0.480 e. The number of hydrogen-bond acceptors (Lipinski definition) is 9. The molecule has 5 atom stereocenters. The molecule has 1 aromatic rings. The van der Waals surface area contributed by atoms with E-state index in [0.717, 1.165) is 0 Å². The molecule has 0 aromatic carbocycles. The van der Waals surface area contributed by atoms with Gasteiger partial charge in [-0.2, -0.15) is 0 Å². The first-order chi connectivity index (χ1) is 15.6. The number of carbonyl (C=O) groups excluding carboxylic acids is 3. The molecule has 186 valence electrons. The number of nitrogens with two attached hydrogens (primary N) is 2. The average Bonchev–Trinajstić information content (AvgIpc) is 3.28. The summed E-state index contributed by atoms with van der Waals surface area (Å²) >= 11 is 0. The predicted molar refractivity (Wildman–Crippen MR) is 115 cm³/mol. The molecule has 0 saturated carbocycles. The largest absolute Gasteiger partial charge is 0.480 e. The molecule has 5 unspecified atom stereocenters. The standard InChI is InChI=1S/C19H33N7O7/c1-10(28)15(21)18(31)26-14(8-27)17(30)25-13(6-11-7-22-9-23-11)16(29)24-12(19(32)33)4-2-3-5-20/h7,9-10,12-15,27-28H,2-6,8,20-21H2,1H3,(H,22,23)(H,24,29)(H,25,30)(H,26,31)(H,32,33). The van der Waals surface area contributed by atoms with Crippen LogP contribution in [0, 0.1) is 0 Å². The molecule has 14 nitrogen and oxygen atoms in total. The van der Waals surface area contributed by atoms with Crippen molar-refractivity contribution in [3.8, 4) is 0 Å². The van der Waals surface area contributed by atoms with Crippen LogP contribution in [0.25, 0.3) is 0 Å². The summed E-state index contributed by atoms with van der Waals surface area (Å²) in [6, 6.07) is -5.23. The number of nitrogens with zero attached hydrogens (tertiary/aromatic N) is 1. The van der Waals surface area contributed by atoms with Crippen LogP contribution in [0.2, 0.25) is 0 Å².